The zero-order chi connectivity index (χ0) is 10.6. The predicted molar refractivity (Wildman–Crippen MR) is 52.5 cm³/mol. The summed E-state index contributed by atoms with van der Waals surface area (Å²) >= 11 is 0. The smallest absolute Gasteiger partial charge is 0.102 e. The standard InChI is InChI=1S/C10H15NO3/c11-9(5-12)7-3-1-2-4-8(7)10(14)6-13/h1-4,9-10,12-14H,5-6,11H2. The predicted octanol–water partition coefficient (Wildman–Crippen LogP) is -0.296. The maximum Gasteiger partial charge on any atom is 0.102 e. The zero-order valence-corrected chi connectivity index (χ0v) is 7.80. The highest BCUT2D eigenvalue weighted by molar-refractivity contribution is 5.31. The van der Waals surface area contributed by atoms with Gasteiger partial charge in [-0.15, -0.1) is 0 Å². The fourth-order valence-corrected chi connectivity index (χ4v) is 1.35. The average molecular weight is 197 g/mol. The Kier molecular flexibility index (Phi) is 4.03. The molecule has 0 fully saturated rings. The van der Waals surface area contributed by atoms with E-state index in [1.54, 1.807) is 24.3 Å². The van der Waals surface area contributed by atoms with Gasteiger partial charge in [0.2, 0.25) is 0 Å². The van der Waals surface area contributed by atoms with Gasteiger partial charge < -0.3 is 21.1 Å². The lowest BCUT2D eigenvalue weighted by Gasteiger charge is -2.17. The lowest BCUT2D eigenvalue weighted by Crippen LogP contribution is -2.18. The molecule has 0 heterocycles. The summed E-state index contributed by atoms with van der Waals surface area (Å²) in [6, 6.07) is 6.42. The first-order chi connectivity index (χ1) is 6.70. The molecule has 5 N–H and O–H groups in total. The van der Waals surface area contributed by atoms with Crippen molar-refractivity contribution < 1.29 is 15.3 Å². The first-order valence-electron chi connectivity index (χ1n) is 4.45. The Morgan fingerprint density at radius 2 is 1.64 bits per heavy atom. The third-order valence-electron chi connectivity index (χ3n) is 2.12. The second-order valence-electron chi connectivity index (χ2n) is 3.12. The summed E-state index contributed by atoms with van der Waals surface area (Å²) in [5.74, 6) is 0. The molecule has 0 saturated carbocycles. The number of rotatable bonds is 4. The van der Waals surface area contributed by atoms with Gasteiger partial charge >= 0.3 is 0 Å². The molecule has 78 valence electrons. The Balaban J connectivity index is 3.02. The van der Waals surface area contributed by atoms with E-state index in [-0.39, 0.29) is 13.2 Å². The maximum atomic E-state index is 9.47. The summed E-state index contributed by atoms with van der Waals surface area (Å²) in [7, 11) is 0. The second kappa shape index (κ2) is 5.07. The van der Waals surface area contributed by atoms with Crippen LogP contribution < -0.4 is 5.73 Å². The van der Waals surface area contributed by atoms with Crippen molar-refractivity contribution in [3.05, 3.63) is 35.4 Å². The molecule has 0 aliphatic carbocycles. The highest BCUT2D eigenvalue weighted by atomic mass is 16.3. The fraction of sp³-hybridized carbons (Fsp3) is 0.400. The van der Waals surface area contributed by atoms with E-state index < -0.39 is 12.1 Å². The van der Waals surface area contributed by atoms with E-state index in [0.717, 1.165) is 0 Å². The van der Waals surface area contributed by atoms with Gasteiger partial charge in [-0.25, -0.2) is 0 Å². The molecule has 0 bridgehead atoms. The molecular formula is C10H15NO3. The number of hydrogen-bond acceptors (Lipinski definition) is 4. The van der Waals surface area contributed by atoms with Crippen LogP contribution >= 0.6 is 0 Å². The summed E-state index contributed by atoms with van der Waals surface area (Å²) in [6.45, 7) is -0.537. The van der Waals surface area contributed by atoms with Gasteiger partial charge in [-0.05, 0) is 11.1 Å². The van der Waals surface area contributed by atoms with Crippen molar-refractivity contribution in [3.8, 4) is 0 Å². The normalized spacial score (nSPS) is 15.1. The van der Waals surface area contributed by atoms with Crippen LogP contribution in [0.15, 0.2) is 24.3 Å². The third-order valence-corrected chi connectivity index (χ3v) is 2.12. The summed E-state index contributed by atoms with van der Waals surface area (Å²) in [6.07, 6.45) is -0.941. The van der Waals surface area contributed by atoms with Crippen LogP contribution in [0.25, 0.3) is 0 Å². The van der Waals surface area contributed by atoms with Gasteiger partial charge in [-0.1, -0.05) is 24.3 Å². The molecular weight excluding hydrogens is 182 g/mol. The maximum absolute atomic E-state index is 9.47. The zero-order valence-electron chi connectivity index (χ0n) is 7.80. The average Bonchev–Trinajstić information content (AvgIpc) is 2.27. The van der Waals surface area contributed by atoms with Crippen LogP contribution in [0.1, 0.15) is 23.3 Å². The van der Waals surface area contributed by atoms with Crippen molar-refractivity contribution in [1.29, 1.82) is 0 Å². The summed E-state index contributed by atoms with van der Waals surface area (Å²) in [4.78, 5) is 0. The number of aliphatic hydroxyl groups excluding tert-OH is 3. The molecule has 1 aromatic rings. The minimum Gasteiger partial charge on any atom is -0.394 e. The van der Waals surface area contributed by atoms with Crippen LogP contribution in [0.5, 0.6) is 0 Å². The number of benzene rings is 1. The Morgan fingerprint density at radius 3 is 2.14 bits per heavy atom. The van der Waals surface area contributed by atoms with Crippen molar-refractivity contribution in [2.75, 3.05) is 13.2 Å². The Bertz CT molecular complexity index is 261. The molecule has 1 rings (SSSR count). The molecule has 0 amide bonds. The van der Waals surface area contributed by atoms with E-state index in [4.69, 9.17) is 15.9 Å². The van der Waals surface area contributed by atoms with Crippen LogP contribution in [0.3, 0.4) is 0 Å². The van der Waals surface area contributed by atoms with Crippen LogP contribution in [0.2, 0.25) is 0 Å². The molecule has 0 spiro atoms. The first kappa shape index (κ1) is 11.1. The van der Waals surface area contributed by atoms with Gasteiger partial charge in [0.25, 0.3) is 0 Å². The van der Waals surface area contributed by atoms with Crippen LogP contribution in [-0.2, 0) is 0 Å². The SMILES string of the molecule is NC(CO)c1ccccc1C(O)CO. The fourth-order valence-electron chi connectivity index (χ4n) is 1.35. The molecule has 0 saturated heterocycles. The van der Waals surface area contributed by atoms with Crippen LogP contribution in [0.4, 0.5) is 0 Å². The Hall–Kier alpha value is -0.940. The van der Waals surface area contributed by atoms with Gasteiger partial charge in [-0.2, -0.15) is 0 Å². The number of hydrogen-bond donors (Lipinski definition) is 4. The molecule has 14 heavy (non-hydrogen) atoms. The van der Waals surface area contributed by atoms with Crippen LogP contribution in [-0.4, -0.2) is 28.5 Å². The monoisotopic (exact) mass is 197 g/mol. The minimum absolute atomic E-state index is 0.185. The van der Waals surface area contributed by atoms with Gasteiger partial charge in [-0.3, -0.25) is 0 Å². The van der Waals surface area contributed by atoms with Crippen LogP contribution in [0, 0.1) is 0 Å². The quantitative estimate of drug-likeness (QED) is 0.534. The van der Waals surface area contributed by atoms with E-state index >= 15 is 0 Å². The van der Waals surface area contributed by atoms with E-state index in [1.165, 1.54) is 0 Å². The molecule has 0 aromatic heterocycles. The van der Waals surface area contributed by atoms with Crippen molar-refractivity contribution in [1.82, 2.24) is 0 Å². The third kappa shape index (κ3) is 2.30. The first-order valence-corrected chi connectivity index (χ1v) is 4.45. The summed E-state index contributed by atoms with van der Waals surface area (Å²) in [5, 5.41) is 27.2. The van der Waals surface area contributed by atoms with E-state index in [2.05, 4.69) is 0 Å². The molecule has 2 unspecified atom stereocenters. The molecule has 4 nitrogen and oxygen atoms in total. The summed E-state index contributed by atoms with van der Waals surface area (Å²) < 4.78 is 0. The van der Waals surface area contributed by atoms with Crippen molar-refractivity contribution in [2.24, 2.45) is 5.73 Å². The second-order valence-corrected chi connectivity index (χ2v) is 3.12. The number of nitrogens with two attached hydrogens (primary N) is 1. The van der Waals surface area contributed by atoms with E-state index in [9.17, 15) is 5.11 Å². The van der Waals surface area contributed by atoms with Crippen molar-refractivity contribution in [2.45, 2.75) is 12.1 Å². The summed E-state index contributed by atoms with van der Waals surface area (Å²) in [5.41, 5.74) is 6.87. The lowest BCUT2D eigenvalue weighted by atomic mass is 9.98. The minimum atomic E-state index is -0.941. The molecule has 1 aromatic carbocycles. The number of aliphatic hydroxyl groups is 3. The van der Waals surface area contributed by atoms with E-state index in [1.807, 2.05) is 0 Å². The lowest BCUT2D eigenvalue weighted by molar-refractivity contribution is 0.0942. The topological polar surface area (TPSA) is 86.7 Å². The van der Waals surface area contributed by atoms with Crippen molar-refractivity contribution in [3.63, 3.8) is 0 Å². The van der Waals surface area contributed by atoms with Crippen molar-refractivity contribution >= 4 is 0 Å². The highest BCUT2D eigenvalue weighted by Crippen LogP contribution is 2.21. The largest absolute Gasteiger partial charge is 0.394 e. The van der Waals surface area contributed by atoms with Gasteiger partial charge in [0.1, 0.15) is 6.10 Å². The molecule has 0 aliphatic heterocycles. The van der Waals surface area contributed by atoms with Gasteiger partial charge in [0.05, 0.1) is 19.3 Å². The van der Waals surface area contributed by atoms with Gasteiger partial charge in [0.15, 0.2) is 0 Å². The Labute approximate surface area is 82.6 Å². The van der Waals surface area contributed by atoms with Gasteiger partial charge in [0, 0.05) is 0 Å². The highest BCUT2D eigenvalue weighted by Gasteiger charge is 2.14. The molecule has 0 aliphatic rings. The molecule has 2 atom stereocenters. The Morgan fingerprint density at radius 1 is 1.07 bits per heavy atom. The van der Waals surface area contributed by atoms with E-state index in [0.29, 0.717) is 11.1 Å². The molecule has 0 radical (unpaired) electrons. The molecule has 4 heteroatoms.